The van der Waals surface area contributed by atoms with Crippen molar-refractivity contribution >= 4 is 17.7 Å². The van der Waals surface area contributed by atoms with Crippen molar-refractivity contribution in [1.29, 1.82) is 0 Å². The molecule has 1 aromatic carbocycles. The lowest BCUT2D eigenvalue weighted by atomic mass is 10.1. The Bertz CT molecular complexity index is 412. The number of allylic oxidation sites excluding steroid dienone is 2. The van der Waals surface area contributed by atoms with Gasteiger partial charge in [0.1, 0.15) is 0 Å². The molecular weight excluding hydrogens is 172 g/mol. The monoisotopic (exact) mass is 186 g/mol. The first-order valence-electron chi connectivity index (χ1n) is 4.63. The summed E-state index contributed by atoms with van der Waals surface area (Å²) in [4.78, 5) is 0. The van der Waals surface area contributed by atoms with Crippen molar-refractivity contribution in [2.45, 2.75) is 0 Å². The van der Waals surface area contributed by atoms with Crippen LogP contribution in [-0.4, -0.2) is 19.1 Å². The van der Waals surface area contributed by atoms with E-state index in [0.29, 0.717) is 0 Å². The van der Waals surface area contributed by atoms with Gasteiger partial charge in [-0.1, -0.05) is 30.4 Å². The summed E-state index contributed by atoms with van der Waals surface area (Å²) in [7, 11) is 3.56. The second-order valence-corrected chi connectivity index (χ2v) is 3.71. The lowest BCUT2D eigenvalue weighted by Gasteiger charge is -1.93. The van der Waals surface area contributed by atoms with E-state index in [1.54, 1.807) is 14.1 Å². The molecule has 0 aliphatic heterocycles. The Morgan fingerprint density at radius 2 is 1.86 bits per heavy atom. The summed E-state index contributed by atoms with van der Waals surface area (Å²) in [5, 5.41) is 1.50. The van der Waals surface area contributed by atoms with Gasteiger partial charge in [0.2, 0.25) is 0 Å². The Labute approximate surface area is 84.3 Å². The van der Waals surface area contributed by atoms with Gasteiger partial charge in [-0.25, -0.2) is 0 Å². The number of hydrazine groups is 1. The van der Waals surface area contributed by atoms with Crippen molar-refractivity contribution in [2.24, 2.45) is 5.84 Å². The Balaban J connectivity index is 0.000000165. The number of hydrogen-bond donors (Lipinski definition) is 1. The third kappa shape index (κ3) is 1.50. The maximum absolute atomic E-state index is 4.94. The molecule has 2 aliphatic rings. The molecule has 0 spiro atoms. The first-order valence-corrected chi connectivity index (χ1v) is 4.63. The van der Waals surface area contributed by atoms with Crippen LogP contribution in [0.5, 0.6) is 0 Å². The number of benzene rings is 1. The van der Waals surface area contributed by atoms with Crippen LogP contribution in [-0.2, 0) is 0 Å². The molecule has 2 aliphatic carbocycles. The Morgan fingerprint density at radius 3 is 2.43 bits per heavy atom. The quantitative estimate of drug-likeness (QED) is 0.496. The van der Waals surface area contributed by atoms with E-state index in [2.05, 4.69) is 36.4 Å². The number of hydrogen-bond acceptors (Lipinski definition) is 2. The molecule has 72 valence electrons. The zero-order valence-electron chi connectivity index (χ0n) is 8.49. The summed E-state index contributed by atoms with van der Waals surface area (Å²) in [5.74, 6) is 4.94. The normalized spacial score (nSPS) is 14.1. The summed E-state index contributed by atoms with van der Waals surface area (Å²) in [6.07, 6.45) is 6.61. The molecule has 0 saturated carbocycles. The topological polar surface area (TPSA) is 29.3 Å². The average Bonchev–Trinajstić information content (AvgIpc) is 2.58. The summed E-state index contributed by atoms with van der Waals surface area (Å²) in [6, 6.07) is 6.46. The molecule has 0 atom stereocenters. The fraction of sp³-hybridized carbons (Fsp3) is 0.167. The molecule has 2 nitrogen and oxygen atoms in total. The van der Waals surface area contributed by atoms with Crippen LogP contribution in [0.4, 0.5) is 0 Å². The van der Waals surface area contributed by atoms with Gasteiger partial charge in [-0.15, -0.1) is 0 Å². The molecule has 0 amide bonds. The lowest BCUT2D eigenvalue weighted by Crippen LogP contribution is -2.18. The standard InChI is InChI=1S/C10H6.C2H8N2/c1-2-7-6-8-4-5-10(7)9(8)3-1;1-4(2)3/h1-6H;3H2,1-2H3. The van der Waals surface area contributed by atoms with Gasteiger partial charge < -0.3 is 0 Å². The molecule has 4 bridgehead atoms. The van der Waals surface area contributed by atoms with Crippen LogP contribution in [0.2, 0.25) is 0 Å². The van der Waals surface area contributed by atoms with E-state index in [9.17, 15) is 0 Å². The average molecular weight is 186 g/mol. The second-order valence-electron chi connectivity index (χ2n) is 3.71. The van der Waals surface area contributed by atoms with Crippen LogP contribution < -0.4 is 5.84 Å². The van der Waals surface area contributed by atoms with Gasteiger partial charge in [0.25, 0.3) is 0 Å². The predicted octanol–water partition coefficient (Wildman–Crippen LogP) is 1.99. The Kier molecular flexibility index (Phi) is 2.23. The highest BCUT2D eigenvalue weighted by atomic mass is 15.4. The van der Waals surface area contributed by atoms with Crippen molar-refractivity contribution in [2.75, 3.05) is 14.1 Å². The molecule has 3 rings (SSSR count). The minimum Gasteiger partial charge on any atom is -0.269 e. The van der Waals surface area contributed by atoms with E-state index < -0.39 is 0 Å². The summed E-state index contributed by atoms with van der Waals surface area (Å²) >= 11 is 0. The van der Waals surface area contributed by atoms with Crippen LogP contribution in [0.3, 0.4) is 0 Å². The highest BCUT2D eigenvalue weighted by molar-refractivity contribution is 6.05. The smallest absolute Gasteiger partial charge is 0.00105 e. The predicted molar refractivity (Wildman–Crippen MR) is 61.2 cm³/mol. The molecular formula is C12H14N2. The van der Waals surface area contributed by atoms with Gasteiger partial charge >= 0.3 is 0 Å². The van der Waals surface area contributed by atoms with Crippen LogP contribution >= 0.6 is 0 Å². The van der Waals surface area contributed by atoms with E-state index in [1.807, 2.05) is 0 Å². The van der Waals surface area contributed by atoms with Crippen molar-refractivity contribution in [1.82, 2.24) is 5.01 Å². The molecule has 0 radical (unpaired) electrons. The van der Waals surface area contributed by atoms with Crippen molar-refractivity contribution in [3.8, 4) is 0 Å². The van der Waals surface area contributed by atoms with Gasteiger partial charge in [0, 0.05) is 14.1 Å². The summed E-state index contributed by atoms with van der Waals surface area (Å²) < 4.78 is 0. The number of nitrogens with two attached hydrogens (primary N) is 1. The Morgan fingerprint density at radius 1 is 1.14 bits per heavy atom. The minimum atomic E-state index is 1.38. The fourth-order valence-electron chi connectivity index (χ4n) is 1.70. The molecule has 0 aromatic heterocycles. The summed E-state index contributed by atoms with van der Waals surface area (Å²) in [6.45, 7) is 0. The SMILES string of the molecule is C1=Cc2c3cccc2C1=C3.CN(C)N. The third-order valence-electron chi connectivity index (χ3n) is 2.19. The van der Waals surface area contributed by atoms with E-state index in [4.69, 9.17) is 5.84 Å². The van der Waals surface area contributed by atoms with E-state index >= 15 is 0 Å². The van der Waals surface area contributed by atoms with Crippen LogP contribution in [0.15, 0.2) is 24.3 Å². The van der Waals surface area contributed by atoms with E-state index in [1.165, 1.54) is 27.3 Å². The number of nitrogens with zero attached hydrogens (tertiary/aromatic N) is 1. The second kappa shape index (κ2) is 3.40. The van der Waals surface area contributed by atoms with Gasteiger partial charge in [0.15, 0.2) is 0 Å². The zero-order chi connectivity index (χ0) is 10.1. The van der Waals surface area contributed by atoms with Crippen molar-refractivity contribution in [3.63, 3.8) is 0 Å². The molecule has 2 heteroatoms. The van der Waals surface area contributed by atoms with Gasteiger partial charge in [-0.3, -0.25) is 10.9 Å². The van der Waals surface area contributed by atoms with Crippen LogP contribution in [0.1, 0.15) is 16.7 Å². The fourth-order valence-corrected chi connectivity index (χ4v) is 1.70. The molecule has 2 N–H and O–H groups in total. The maximum Gasteiger partial charge on any atom is 0.00105 e. The zero-order valence-corrected chi connectivity index (χ0v) is 8.49. The molecule has 1 aromatic rings. The van der Waals surface area contributed by atoms with Gasteiger partial charge in [-0.2, -0.15) is 0 Å². The minimum absolute atomic E-state index is 1.38. The van der Waals surface area contributed by atoms with Crippen LogP contribution in [0, 0.1) is 0 Å². The molecule has 0 heterocycles. The first-order chi connectivity index (χ1) is 6.68. The third-order valence-corrected chi connectivity index (χ3v) is 2.19. The number of rotatable bonds is 0. The lowest BCUT2D eigenvalue weighted by molar-refractivity contribution is 0.432. The van der Waals surface area contributed by atoms with Crippen molar-refractivity contribution < 1.29 is 0 Å². The highest BCUT2D eigenvalue weighted by Gasteiger charge is 2.18. The first kappa shape index (κ1) is 9.19. The van der Waals surface area contributed by atoms with Crippen LogP contribution in [0.25, 0.3) is 17.7 Å². The van der Waals surface area contributed by atoms with E-state index in [-0.39, 0.29) is 0 Å². The summed E-state index contributed by atoms with van der Waals surface area (Å²) in [5.41, 5.74) is 5.60. The van der Waals surface area contributed by atoms with Gasteiger partial charge in [-0.05, 0) is 28.3 Å². The molecule has 0 unspecified atom stereocenters. The Hall–Kier alpha value is -1.38. The van der Waals surface area contributed by atoms with E-state index in [0.717, 1.165) is 0 Å². The molecule has 0 fully saturated rings. The van der Waals surface area contributed by atoms with Crippen molar-refractivity contribution in [3.05, 3.63) is 41.0 Å². The molecule has 0 saturated heterocycles. The maximum atomic E-state index is 4.94. The highest BCUT2D eigenvalue weighted by Crippen LogP contribution is 2.39. The largest absolute Gasteiger partial charge is 0.269 e. The van der Waals surface area contributed by atoms with Gasteiger partial charge in [0.05, 0.1) is 0 Å². The molecule has 14 heavy (non-hydrogen) atoms.